The van der Waals surface area contributed by atoms with Crippen LogP contribution in [0.5, 0.6) is 0 Å². The van der Waals surface area contributed by atoms with Crippen molar-refractivity contribution < 1.29 is 13.9 Å². The molecule has 2 aromatic heterocycles. The molecule has 1 N–H and O–H groups in total. The van der Waals surface area contributed by atoms with Crippen molar-refractivity contribution in [1.29, 1.82) is 0 Å². The van der Waals surface area contributed by atoms with E-state index in [1.165, 1.54) is 23.5 Å². The second kappa shape index (κ2) is 5.75. The summed E-state index contributed by atoms with van der Waals surface area (Å²) in [6.07, 6.45) is 2.59. The number of benzene rings is 1. The SMILES string of the molecule is O=C(Nc1c(-c2ccc(F)cc2)nc2sccn12)[C@@H]1CCOC1. The number of rotatable bonds is 3. The summed E-state index contributed by atoms with van der Waals surface area (Å²) in [7, 11) is 0. The first-order valence-electron chi connectivity index (χ1n) is 7.32. The van der Waals surface area contributed by atoms with Crippen LogP contribution in [-0.4, -0.2) is 28.5 Å². The number of fused-ring (bicyclic) bond motifs is 1. The van der Waals surface area contributed by atoms with E-state index in [2.05, 4.69) is 10.3 Å². The summed E-state index contributed by atoms with van der Waals surface area (Å²) < 4.78 is 20.3. The van der Waals surface area contributed by atoms with Crippen molar-refractivity contribution in [3.8, 4) is 11.3 Å². The highest BCUT2D eigenvalue weighted by molar-refractivity contribution is 7.15. The van der Waals surface area contributed by atoms with E-state index in [0.29, 0.717) is 24.7 Å². The van der Waals surface area contributed by atoms with Gasteiger partial charge < -0.3 is 10.1 Å². The van der Waals surface area contributed by atoms with Crippen molar-refractivity contribution in [2.45, 2.75) is 6.42 Å². The Bertz CT molecular complexity index is 850. The van der Waals surface area contributed by atoms with Crippen LogP contribution in [0.2, 0.25) is 0 Å². The summed E-state index contributed by atoms with van der Waals surface area (Å²) >= 11 is 1.48. The van der Waals surface area contributed by atoms with Crippen LogP contribution >= 0.6 is 11.3 Å². The quantitative estimate of drug-likeness (QED) is 0.802. The van der Waals surface area contributed by atoms with Crippen LogP contribution in [0.3, 0.4) is 0 Å². The van der Waals surface area contributed by atoms with Crippen molar-refractivity contribution in [2.75, 3.05) is 18.5 Å². The van der Waals surface area contributed by atoms with Crippen molar-refractivity contribution in [3.05, 3.63) is 41.7 Å². The van der Waals surface area contributed by atoms with E-state index in [9.17, 15) is 9.18 Å². The minimum Gasteiger partial charge on any atom is -0.381 e. The molecule has 0 aliphatic carbocycles. The molecule has 3 aromatic rings. The maximum absolute atomic E-state index is 13.2. The van der Waals surface area contributed by atoms with Gasteiger partial charge in [-0.3, -0.25) is 9.20 Å². The Morgan fingerprint density at radius 3 is 2.96 bits per heavy atom. The van der Waals surface area contributed by atoms with Crippen molar-refractivity contribution in [1.82, 2.24) is 9.38 Å². The highest BCUT2D eigenvalue weighted by atomic mass is 32.1. The number of carbonyl (C=O) groups is 1. The smallest absolute Gasteiger partial charge is 0.231 e. The van der Waals surface area contributed by atoms with Crippen LogP contribution in [-0.2, 0) is 9.53 Å². The second-order valence-electron chi connectivity index (χ2n) is 5.42. The first-order chi connectivity index (χ1) is 11.2. The van der Waals surface area contributed by atoms with Gasteiger partial charge in [-0.15, -0.1) is 11.3 Å². The first-order valence-corrected chi connectivity index (χ1v) is 8.20. The number of anilines is 1. The number of amides is 1. The van der Waals surface area contributed by atoms with Gasteiger partial charge in [0.25, 0.3) is 0 Å². The van der Waals surface area contributed by atoms with Crippen LogP contribution < -0.4 is 5.32 Å². The first kappa shape index (κ1) is 14.3. The lowest BCUT2D eigenvalue weighted by atomic mass is 10.1. The molecule has 1 aromatic carbocycles. The van der Waals surface area contributed by atoms with Gasteiger partial charge in [0.1, 0.15) is 17.3 Å². The van der Waals surface area contributed by atoms with Gasteiger partial charge in [0.05, 0.1) is 12.5 Å². The van der Waals surface area contributed by atoms with Gasteiger partial charge in [-0.1, -0.05) is 0 Å². The molecule has 1 amide bonds. The van der Waals surface area contributed by atoms with E-state index < -0.39 is 0 Å². The Hall–Kier alpha value is -2.25. The van der Waals surface area contributed by atoms with Crippen molar-refractivity contribution in [2.24, 2.45) is 5.92 Å². The Morgan fingerprint density at radius 1 is 1.39 bits per heavy atom. The van der Waals surface area contributed by atoms with Gasteiger partial charge in [-0.2, -0.15) is 0 Å². The van der Waals surface area contributed by atoms with Crippen LogP contribution in [0.15, 0.2) is 35.8 Å². The van der Waals surface area contributed by atoms with E-state index in [4.69, 9.17) is 4.74 Å². The Kier molecular flexibility index (Phi) is 3.59. The highest BCUT2D eigenvalue weighted by Gasteiger charge is 2.26. The van der Waals surface area contributed by atoms with E-state index >= 15 is 0 Å². The normalized spacial score (nSPS) is 17.7. The zero-order valence-electron chi connectivity index (χ0n) is 12.2. The molecule has 0 radical (unpaired) electrons. The Balaban J connectivity index is 1.74. The molecule has 5 nitrogen and oxygen atoms in total. The fraction of sp³-hybridized carbons (Fsp3) is 0.250. The number of hydrogen-bond donors (Lipinski definition) is 1. The van der Waals surface area contributed by atoms with Crippen LogP contribution in [0, 0.1) is 11.7 Å². The largest absolute Gasteiger partial charge is 0.381 e. The number of nitrogens with one attached hydrogen (secondary N) is 1. The van der Waals surface area contributed by atoms with E-state index in [1.807, 2.05) is 16.0 Å². The number of halogens is 1. The predicted octanol–water partition coefficient (Wildman–Crippen LogP) is 3.18. The molecule has 1 saturated heterocycles. The van der Waals surface area contributed by atoms with Gasteiger partial charge in [0.2, 0.25) is 5.91 Å². The molecule has 7 heteroatoms. The highest BCUT2D eigenvalue weighted by Crippen LogP contribution is 2.31. The molecular formula is C16H14FN3O2S. The van der Waals surface area contributed by atoms with Crippen molar-refractivity contribution in [3.63, 3.8) is 0 Å². The fourth-order valence-electron chi connectivity index (χ4n) is 2.67. The molecule has 1 atom stereocenters. The average Bonchev–Trinajstić information content (AvgIpc) is 3.26. The van der Waals surface area contributed by atoms with Gasteiger partial charge >= 0.3 is 0 Å². The Labute approximate surface area is 135 Å². The van der Waals surface area contributed by atoms with Gasteiger partial charge in [-0.25, -0.2) is 9.37 Å². The minimum atomic E-state index is -0.302. The monoisotopic (exact) mass is 331 g/mol. The minimum absolute atomic E-state index is 0.0705. The molecular weight excluding hydrogens is 317 g/mol. The summed E-state index contributed by atoms with van der Waals surface area (Å²) in [5.41, 5.74) is 1.41. The molecule has 0 bridgehead atoms. The number of imidazole rings is 1. The number of nitrogens with zero attached hydrogens (tertiary/aromatic N) is 2. The van der Waals surface area contributed by atoms with E-state index in [-0.39, 0.29) is 17.6 Å². The lowest BCUT2D eigenvalue weighted by Crippen LogP contribution is -2.23. The van der Waals surface area contributed by atoms with Crippen LogP contribution in [0.1, 0.15) is 6.42 Å². The van der Waals surface area contributed by atoms with Gasteiger partial charge in [0, 0.05) is 23.7 Å². The van der Waals surface area contributed by atoms with Gasteiger partial charge in [-0.05, 0) is 30.7 Å². The third-order valence-electron chi connectivity index (χ3n) is 3.92. The molecule has 3 heterocycles. The molecule has 1 fully saturated rings. The molecule has 0 saturated carbocycles. The molecule has 4 rings (SSSR count). The maximum atomic E-state index is 13.2. The summed E-state index contributed by atoms with van der Waals surface area (Å²) in [5, 5.41) is 4.88. The third kappa shape index (κ3) is 2.62. The second-order valence-corrected chi connectivity index (χ2v) is 6.29. The number of ether oxygens (including phenoxy) is 1. The zero-order valence-corrected chi connectivity index (χ0v) is 13.0. The summed E-state index contributed by atoms with van der Waals surface area (Å²) in [6.45, 7) is 1.06. The van der Waals surface area contributed by atoms with E-state index in [1.54, 1.807) is 12.1 Å². The average molecular weight is 331 g/mol. The van der Waals surface area contributed by atoms with E-state index in [0.717, 1.165) is 16.9 Å². The lowest BCUT2D eigenvalue weighted by molar-refractivity contribution is -0.119. The topological polar surface area (TPSA) is 55.6 Å². The van der Waals surface area contributed by atoms with Crippen LogP contribution in [0.25, 0.3) is 16.2 Å². The molecule has 118 valence electrons. The summed E-state index contributed by atoms with van der Waals surface area (Å²) in [5.74, 6) is 0.104. The summed E-state index contributed by atoms with van der Waals surface area (Å²) in [4.78, 5) is 17.8. The number of thiazole rings is 1. The van der Waals surface area contributed by atoms with Gasteiger partial charge in [0.15, 0.2) is 4.96 Å². The molecule has 0 spiro atoms. The van der Waals surface area contributed by atoms with Crippen LogP contribution in [0.4, 0.5) is 10.2 Å². The van der Waals surface area contributed by atoms with Crippen molar-refractivity contribution >= 4 is 28.0 Å². The number of carbonyl (C=O) groups excluding carboxylic acids is 1. The zero-order chi connectivity index (χ0) is 15.8. The summed E-state index contributed by atoms with van der Waals surface area (Å²) in [6, 6.07) is 6.10. The fourth-order valence-corrected chi connectivity index (χ4v) is 3.39. The standard InChI is InChI=1S/C16H14FN3O2S/c17-12-3-1-10(2-4-12)13-14(20-6-8-23-16(20)18-13)19-15(21)11-5-7-22-9-11/h1-4,6,8,11H,5,7,9H2,(H,19,21)/t11-/m1/s1. The predicted molar refractivity (Wildman–Crippen MR) is 86.0 cm³/mol. The molecule has 23 heavy (non-hydrogen) atoms. The Morgan fingerprint density at radius 2 is 2.22 bits per heavy atom. The number of aromatic nitrogens is 2. The molecule has 1 aliphatic rings. The molecule has 1 aliphatic heterocycles. The lowest BCUT2D eigenvalue weighted by Gasteiger charge is -2.10. The molecule has 0 unspecified atom stereocenters. The number of hydrogen-bond acceptors (Lipinski definition) is 4. The maximum Gasteiger partial charge on any atom is 0.231 e. The third-order valence-corrected chi connectivity index (χ3v) is 4.68.